The van der Waals surface area contributed by atoms with Crippen molar-refractivity contribution in [1.82, 2.24) is 0 Å². The van der Waals surface area contributed by atoms with E-state index >= 15 is 0 Å². The summed E-state index contributed by atoms with van der Waals surface area (Å²) in [6.07, 6.45) is 4.94. The van der Waals surface area contributed by atoms with Gasteiger partial charge in [0.1, 0.15) is 6.61 Å². The quantitative estimate of drug-likeness (QED) is 0.330. The number of hydrogen-bond donors (Lipinski definition) is 0. The lowest BCUT2D eigenvalue weighted by molar-refractivity contribution is 0.187. The zero-order chi connectivity index (χ0) is 6.24. The molecule has 0 aromatic heterocycles. The Balaban J connectivity index is 2.65. The predicted molar refractivity (Wildman–Crippen MR) is 52.6 cm³/mol. The summed E-state index contributed by atoms with van der Waals surface area (Å²) < 4.78 is 6.22. The number of halogens is 2. The largest absolute Gasteiger partial charge is 0.368 e. The number of hydrogen-bond acceptors (Lipinski definition) is 1. The van der Waals surface area contributed by atoms with Gasteiger partial charge >= 0.3 is 0 Å². The minimum atomic E-state index is 0.366. The molecular weight excluding hydrogens is 330 g/mol. The molecule has 8 heavy (non-hydrogen) atoms. The zero-order valence-corrected chi connectivity index (χ0v) is 8.68. The smallest absolute Gasteiger partial charge is 0.107 e. The van der Waals surface area contributed by atoms with Gasteiger partial charge in [-0.1, -0.05) is 23.2 Å². The van der Waals surface area contributed by atoms with Crippen LogP contribution in [-0.2, 0) is 4.74 Å². The van der Waals surface area contributed by atoms with Crippen molar-refractivity contribution in [2.75, 3.05) is 17.6 Å². The summed E-state index contributed by atoms with van der Waals surface area (Å²) in [5.74, 6) is 2.41. The van der Waals surface area contributed by atoms with Crippen LogP contribution in [0.15, 0.2) is 0 Å². The minimum absolute atomic E-state index is 0.366. The minimum Gasteiger partial charge on any atom is -0.368 e. The molecule has 3 heteroatoms. The topological polar surface area (TPSA) is 9.23 Å². The van der Waals surface area contributed by atoms with Gasteiger partial charge in [-0.15, -0.1) is 6.42 Å². The first-order valence-electron chi connectivity index (χ1n) is 2.13. The van der Waals surface area contributed by atoms with Gasteiger partial charge in [-0.3, -0.25) is 0 Å². The van der Waals surface area contributed by atoms with Crippen LogP contribution in [0.1, 0.15) is 0 Å². The second-order valence-corrected chi connectivity index (χ2v) is 6.57. The molecule has 1 nitrogen and oxygen atoms in total. The Hall–Kier alpha value is 0.980. The van der Waals surface area contributed by atoms with Crippen molar-refractivity contribution in [1.29, 1.82) is 0 Å². The highest BCUT2D eigenvalue weighted by molar-refractivity contribution is 15.1. The van der Waals surface area contributed by atoms with Crippen LogP contribution in [0.4, 0.5) is 0 Å². The molecular formula is C5H7I2O. The van der Waals surface area contributed by atoms with Crippen LogP contribution < -0.4 is 0 Å². The van der Waals surface area contributed by atoms with Gasteiger partial charge in [0.25, 0.3) is 0 Å². The zero-order valence-electron chi connectivity index (χ0n) is 4.36. The van der Waals surface area contributed by atoms with Crippen molar-refractivity contribution in [3.05, 3.63) is 0 Å². The van der Waals surface area contributed by atoms with Crippen LogP contribution in [0.3, 0.4) is 0 Å². The molecule has 0 N–H and O–H groups in total. The molecule has 0 rings (SSSR count). The first-order valence-corrected chi connectivity index (χ1v) is 9.94. The fourth-order valence-electron chi connectivity index (χ4n) is 0.215. The van der Waals surface area contributed by atoms with Crippen molar-refractivity contribution in [2.24, 2.45) is 0 Å². The van der Waals surface area contributed by atoms with Gasteiger partial charge in [0.2, 0.25) is 0 Å². The molecule has 47 valence electrons. The lowest BCUT2D eigenvalue weighted by Gasteiger charge is -1.93. The molecule has 0 aromatic carbocycles. The Morgan fingerprint density at radius 2 is 2.50 bits per heavy atom. The predicted octanol–water partition coefficient (Wildman–Crippen LogP) is 1.96. The summed E-state index contributed by atoms with van der Waals surface area (Å²) >= 11 is 2.78. The monoisotopic (exact) mass is 337 g/mol. The van der Waals surface area contributed by atoms with Crippen molar-refractivity contribution >= 4 is 35.8 Å². The molecule has 1 radical (unpaired) electrons. The van der Waals surface area contributed by atoms with Crippen molar-refractivity contribution in [3.63, 3.8) is 0 Å². The molecule has 0 atom stereocenters. The molecule has 0 fully saturated rings. The maximum Gasteiger partial charge on any atom is 0.107 e. The Morgan fingerprint density at radius 3 is 3.00 bits per heavy atom. The molecule has 0 aliphatic heterocycles. The third-order valence-electron chi connectivity index (χ3n) is 0.478. The molecule has 0 saturated heterocycles. The standard InChI is InChI=1S/C5H7I2O/c1-2-4-8-5-3-7-6/h1H,3-5H2. The molecule has 0 aromatic rings. The number of terminal acetylenes is 1. The van der Waals surface area contributed by atoms with Gasteiger partial charge in [-0.05, 0) is 18.6 Å². The molecule has 0 bridgehead atoms. The number of alkyl halides is 1. The van der Waals surface area contributed by atoms with Gasteiger partial charge in [0.05, 0.1) is 6.61 Å². The molecule has 0 heterocycles. The average Bonchev–Trinajstić information content (AvgIpc) is 1.81. The fourth-order valence-corrected chi connectivity index (χ4v) is 1.81. The van der Waals surface area contributed by atoms with Crippen molar-refractivity contribution < 1.29 is 4.74 Å². The molecule has 0 spiro atoms. The molecule has 0 aliphatic carbocycles. The van der Waals surface area contributed by atoms with E-state index in [0.717, 1.165) is 6.61 Å². The SMILES string of the molecule is C#CCOCC[I]I. The molecule has 0 saturated carbocycles. The van der Waals surface area contributed by atoms with Gasteiger partial charge in [0.15, 0.2) is 0 Å². The summed E-state index contributed by atoms with van der Waals surface area (Å²) in [6.45, 7) is 1.32. The van der Waals surface area contributed by atoms with Crippen LogP contribution in [0.25, 0.3) is 0 Å². The van der Waals surface area contributed by atoms with Gasteiger partial charge < -0.3 is 4.74 Å². The fraction of sp³-hybridized carbons (Fsp3) is 0.600. The van der Waals surface area contributed by atoms with E-state index in [1.807, 2.05) is 0 Å². The summed E-state index contributed by atoms with van der Waals surface area (Å²) in [5, 5.41) is 0. The van der Waals surface area contributed by atoms with Gasteiger partial charge in [-0.2, -0.15) is 0 Å². The van der Waals surface area contributed by atoms with Crippen molar-refractivity contribution in [2.45, 2.75) is 0 Å². The maximum atomic E-state index is 5.01. The van der Waals surface area contributed by atoms with Crippen molar-refractivity contribution in [3.8, 4) is 12.3 Å². The normalized spacial score (nSPS) is 8.50. The Morgan fingerprint density at radius 1 is 1.75 bits per heavy atom. The summed E-state index contributed by atoms with van der Waals surface area (Å²) in [7, 11) is 0. The van der Waals surface area contributed by atoms with E-state index in [9.17, 15) is 0 Å². The van der Waals surface area contributed by atoms with E-state index in [-0.39, 0.29) is 0 Å². The third kappa shape index (κ3) is 6.98. The van der Waals surface area contributed by atoms with Gasteiger partial charge in [0, 0.05) is 4.43 Å². The number of rotatable bonds is 4. The average molecular weight is 337 g/mol. The van der Waals surface area contributed by atoms with Gasteiger partial charge in [-0.25, -0.2) is 0 Å². The van der Waals surface area contributed by atoms with E-state index in [4.69, 9.17) is 11.2 Å². The van der Waals surface area contributed by atoms with E-state index in [1.54, 1.807) is 0 Å². The number of ether oxygens (including phenoxy) is 1. The van der Waals surface area contributed by atoms with E-state index in [0.29, 0.717) is 23.8 Å². The Kier molecular flexibility index (Phi) is 8.96. The maximum absolute atomic E-state index is 5.01. The van der Waals surface area contributed by atoms with Crippen LogP contribution in [0, 0.1) is 12.3 Å². The highest BCUT2D eigenvalue weighted by Gasteiger charge is 1.81. The lowest BCUT2D eigenvalue weighted by Crippen LogP contribution is -1.94. The third-order valence-corrected chi connectivity index (χ3v) is 4.06. The first-order chi connectivity index (χ1) is 3.91. The lowest BCUT2D eigenvalue weighted by atomic mass is 10.7. The molecule has 0 unspecified atom stereocenters. The van der Waals surface area contributed by atoms with Crippen LogP contribution in [0.2, 0.25) is 0 Å². The summed E-state index contributed by atoms with van der Waals surface area (Å²) in [4.78, 5) is 0. The van der Waals surface area contributed by atoms with Crippen LogP contribution >= 0.6 is 35.8 Å². The summed E-state index contributed by atoms with van der Waals surface area (Å²) in [5.41, 5.74) is 0. The molecule has 0 amide bonds. The van der Waals surface area contributed by atoms with Crippen LogP contribution in [0.5, 0.6) is 0 Å². The Labute approximate surface area is 70.0 Å². The Bertz CT molecular complexity index is 77.0. The van der Waals surface area contributed by atoms with E-state index in [2.05, 4.69) is 24.5 Å². The highest BCUT2D eigenvalue weighted by Crippen LogP contribution is 2.19. The second-order valence-electron chi connectivity index (χ2n) is 1.05. The summed E-state index contributed by atoms with van der Waals surface area (Å²) in [6, 6.07) is 0. The second kappa shape index (κ2) is 7.98. The van der Waals surface area contributed by atoms with E-state index in [1.165, 1.54) is 4.43 Å². The van der Waals surface area contributed by atoms with Crippen LogP contribution in [-0.4, -0.2) is 17.6 Å². The highest BCUT2D eigenvalue weighted by atomic mass is 128. The first kappa shape index (κ1) is 8.98. The van der Waals surface area contributed by atoms with E-state index < -0.39 is 0 Å². The molecule has 0 aliphatic rings.